The molecule has 5 rings (SSSR count). The second kappa shape index (κ2) is 5.29. The number of carbonyl (C=O) groups excluding carboxylic acids is 2. The highest BCUT2D eigenvalue weighted by atomic mass is 16.7. The summed E-state index contributed by atoms with van der Waals surface area (Å²) in [5.41, 5.74) is -1.56. The van der Waals surface area contributed by atoms with Gasteiger partial charge >= 0.3 is 0 Å². The third-order valence-corrected chi connectivity index (χ3v) is 8.95. The zero-order valence-electron chi connectivity index (χ0n) is 15.7. The number of hydrogen-bond donors (Lipinski definition) is 3. The van der Waals surface area contributed by atoms with Gasteiger partial charge in [0.15, 0.2) is 5.78 Å². The van der Waals surface area contributed by atoms with E-state index in [1.807, 2.05) is 0 Å². The molecule has 1 aliphatic heterocycles. The van der Waals surface area contributed by atoms with E-state index in [2.05, 4.69) is 6.92 Å². The lowest BCUT2D eigenvalue weighted by molar-refractivity contribution is -0.277. The number of aliphatic hydroxyl groups is 3. The average Bonchev–Trinajstić information content (AvgIpc) is 3.04. The molecule has 6 nitrogen and oxygen atoms in total. The fourth-order valence-corrected chi connectivity index (χ4v) is 7.60. The molecule has 4 fully saturated rings. The van der Waals surface area contributed by atoms with Gasteiger partial charge in [-0.2, -0.15) is 0 Å². The molecule has 0 radical (unpaired) electrons. The zero-order chi connectivity index (χ0) is 19.2. The van der Waals surface area contributed by atoms with Crippen molar-refractivity contribution in [2.75, 3.05) is 13.2 Å². The molecule has 1 spiro atoms. The van der Waals surface area contributed by atoms with Gasteiger partial charge in [-0.3, -0.25) is 9.59 Å². The van der Waals surface area contributed by atoms with E-state index in [0.29, 0.717) is 19.3 Å². The van der Waals surface area contributed by atoms with Crippen molar-refractivity contribution in [1.29, 1.82) is 0 Å². The first-order valence-corrected chi connectivity index (χ1v) is 10.2. The maximum Gasteiger partial charge on any atom is 0.219 e. The number of Topliss-reactive ketones (excluding diaryl/α,β-unsaturated/α-hetero) is 1. The molecular weight excluding hydrogens is 348 g/mol. The van der Waals surface area contributed by atoms with Gasteiger partial charge in [0.2, 0.25) is 5.79 Å². The number of fused-ring (bicyclic) bond motifs is 4. The fraction of sp³-hybridized carbons (Fsp3) is 0.810. The molecule has 27 heavy (non-hydrogen) atoms. The molecular formula is C21H28O6. The minimum Gasteiger partial charge on any atom is -0.391 e. The van der Waals surface area contributed by atoms with Crippen LogP contribution in [0, 0.1) is 28.6 Å². The van der Waals surface area contributed by atoms with Crippen molar-refractivity contribution in [2.24, 2.45) is 28.6 Å². The van der Waals surface area contributed by atoms with Crippen LogP contribution in [0.1, 0.15) is 51.9 Å². The maximum atomic E-state index is 13.5. The monoisotopic (exact) mass is 376 g/mol. The predicted molar refractivity (Wildman–Crippen MR) is 94.4 cm³/mol. The molecule has 7 atom stereocenters. The Labute approximate surface area is 158 Å². The van der Waals surface area contributed by atoms with Crippen LogP contribution in [0.25, 0.3) is 0 Å². The lowest BCUT2D eigenvalue weighted by atomic mass is 9.45. The van der Waals surface area contributed by atoms with Crippen LogP contribution in [0.5, 0.6) is 0 Å². The van der Waals surface area contributed by atoms with Crippen LogP contribution in [0.3, 0.4) is 0 Å². The van der Waals surface area contributed by atoms with E-state index in [4.69, 9.17) is 4.74 Å². The highest BCUT2D eigenvalue weighted by Gasteiger charge is 2.77. The molecule has 4 aliphatic carbocycles. The third-order valence-electron chi connectivity index (χ3n) is 8.95. The van der Waals surface area contributed by atoms with E-state index in [0.717, 1.165) is 24.8 Å². The number of carbonyl (C=O) groups is 2. The summed E-state index contributed by atoms with van der Waals surface area (Å²) in [4.78, 5) is 25.4. The Balaban J connectivity index is 1.57. The molecule has 0 aromatic rings. The Morgan fingerprint density at radius 1 is 1.19 bits per heavy atom. The van der Waals surface area contributed by atoms with Crippen LogP contribution in [0.2, 0.25) is 0 Å². The van der Waals surface area contributed by atoms with E-state index >= 15 is 0 Å². The summed E-state index contributed by atoms with van der Waals surface area (Å²) in [6.45, 7) is 1.57. The van der Waals surface area contributed by atoms with Gasteiger partial charge in [0.05, 0.1) is 6.61 Å². The Morgan fingerprint density at radius 3 is 2.70 bits per heavy atom. The van der Waals surface area contributed by atoms with Crippen molar-refractivity contribution in [3.05, 3.63) is 11.6 Å². The molecule has 1 unspecified atom stereocenters. The van der Waals surface area contributed by atoms with Crippen molar-refractivity contribution in [1.82, 2.24) is 0 Å². The maximum absolute atomic E-state index is 13.5. The molecule has 5 aliphatic rings. The van der Waals surface area contributed by atoms with Crippen LogP contribution in [-0.4, -0.2) is 51.5 Å². The quantitative estimate of drug-likeness (QED) is 0.634. The Hall–Kier alpha value is -1.08. The second-order valence-corrected chi connectivity index (χ2v) is 9.77. The molecule has 1 heterocycles. The number of hydrogen-bond acceptors (Lipinski definition) is 6. The van der Waals surface area contributed by atoms with Crippen molar-refractivity contribution < 1.29 is 29.6 Å². The summed E-state index contributed by atoms with van der Waals surface area (Å²) in [5.74, 6) is -1.64. The first-order valence-electron chi connectivity index (χ1n) is 10.2. The zero-order valence-corrected chi connectivity index (χ0v) is 15.7. The summed E-state index contributed by atoms with van der Waals surface area (Å²) in [6, 6.07) is 0. The SMILES string of the molecule is C[C@]12CCC(=O)C=C1CC[C@H]1[C@@H]3CC[C@]4(O)C(O)(CO)OC[C@]34CC(=O)[C@@H]12. The van der Waals surface area contributed by atoms with E-state index < -0.39 is 23.4 Å². The first kappa shape index (κ1) is 18.0. The van der Waals surface area contributed by atoms with Gasteiger partial charge in [-0.05, 0) is 55.4 Å². The summed E-state index contributed by atoms with van der Waals surface area (Å²) < 4.78 is 5.54. The minimum atomic E-state index is -1.99. The van der Waals surface area contributed by atoms with Crippen LogP contribution in [0.15, 0.2) is 11.6 Å². The number of allylic oxidation sites excluding steroid dienone is 1. The van der Waals surface area contributed by atoms with Gasteiger partial charge < -0.3 is 20.1 Å². The lowest BCUT2D eigenvalue weighted by Crippen LogP contribution is -2.63. The first-order chi connectivity index (χ1) is 12.7. The highest BCUT2D eigenvalue weighted by molar-refractivity contribution is 5.93. The van der Waals surface area contributed by atoms with Gasteiger partial charge in [-0.15, -0.1) is 0 Å². The molecule has 0 amide bonds. The molecule has 1 saturated heterocycles. The van der Waals surface area contributed by atoms with E-state index in [9.17, 15) is 24.9 Å². The predicted octanol–water partition coefficient (Wildman–Crippen LogP) is 1.12. The molecule has 0 aromatic carbocycles. The van der Waals surface area contributed by atoms with Gasteiger partial charge in [-0.1, -0.05) is 12.5 Å². The van der Waals surface area contributed by atoms with Crippen LogP contribution in [0.4, 0.5) is 0 Å². The third kappa shape index (κ3) is 1.90. The summed E-state index contributed by atoms with van der Waals surface area (Å²) in [6.07, 6.45) is 5.85. The number of rotatable bonds is 1. The van der Waals surface area contributed by atoms with Gasteiger partial charge in [0.25, 0.3) is 0 Å². The minimum absolute atomic E-state index is 0.0850. The average molecular weight is 376 g/mol. The molecule has 3 saturated carbocycles. The molecule has 0 bridgehead atoms. The van der Waals surface area contributed by atoms with Gasteiger partial charge in [0.1, 0.15) is 18.0 Å². The Kier molecular flexibility index (Phi) is 3.52. The molecule has 3 N–H and O–H groups in total. The standard InChI is InChI=1S/C21H28O6/c1-18-6-4-13(23)8-12(18)2-3-14-15-5-7-20(25)19(15,9-16(24)17(14)18)11-27-21(20,26)10-22/h8,14-15,17,22,25-26H,2-7,9-11H2,1H3/t14-,15-,17+,18-,19+,20+,21?/m0/s1. The van der Waals surface area contributed by atoms with Crippen molar-refractivity contribution in [3.8, 4) is 0 Å². The molecule has 0 aromatic heterocycles. The van der Waals surface area contributed by atoms with Crippen LogP contribution in [-0.2, 0) is 14.3 Å². The lowest BCUT2D eigenvalue weighted by Gasteiger charge is -2.57. The normalized spacial score (nSPS) is 54.1. The number of aliphatic hydroxyl groups excluding tert-OH is 1. The van der Waals surface area contributed by atoms with Crippen LogP contribution < -0.4 is 0 Å². The second-order valence-electron chi connectivity index (χ2n) is 9.77. The van der Waals surface area contributed by atoms with E-state index in [-0.39, 0.29) is 47.8 Å². The van der Waals surface area contributed by atoms with Crippen molar-refractivity contribution >= 4 is 11.6 Å². The topological polar surface area (TPSA) is 104 Å². The fourth-order valence-electron chi connectivity index (χ4n) is 7.60. The van der Waals surface area contributed by atoms with E-state index in [1.54, 1.807) is 6.08 Å². The molecule has 6 heteroatoms. The summed E-state index contributed by atoms with van der Waals surface area (Å²) in [7, 11) is 0. The largest absolute Gasteiger partial charge is 0.391 e. The highest BCUT2D eigenvalue weighted by Crippen LogP contribution is 2.70. The van der Waals surface area contributed by atoms with Gasteiger partial charge in [-0.25, -0.2) is 0 Å². The van der Waals surface area contributed by atoms with Crippen LogP contribution >= 0.6 is 0 Å². The Morgan fingerprint density at radius 2 is 1.96 bits per heavy atom. The van der Waals surface area contributed by atoms with Crippen molar-refractivity contribution in [3.63, 3.8) is 0 Å². The van der Waals surface area contributed by atoms with Crippen molar-refractivity contribution in [2.45, 2.75) is 63.3 Å². The van der Waals surface area contributed by atoms with Gasteiger partial charge in [0, 0.05) is 24.2 Å². The number of ether oxygens (including phenoxy) is 1. The number of ketones is 2. The van der Waals surface area contributed by atoms with E-state index in [1.165, 1.54) is 0 Å². The Bertz CT molecular complexity index is 760. The smallest absolute Gasteiger partial charge is 0.219 e. The summed E-state index contributed by atoms with van der Waals surface area (Å²) in [5, 5.41) is 31.8. The molecule has 148 valence electrons. The summed E-state index contributed by atoms with van der Waals surface area (Å²) >= 11 is 0.